The normalized spacial score (nSPS) is 10.9. The number of nitrogens with zero attached hydrogens (tertiary/aromatic N) is 6. The number of aromatic nitrogens is 5. The van der Waals surface area contributed by atoms with Crippen molar-refractivity contribution in [2.45, 2.75) is 17.5 Å². The first-order chi connectivity index (χ1) is 11.5. The van der Waals surface area contributed by atoms with E-state index in [4.69, 9.17) is 11.6 Å². The Labute approximate surface area is 146 Å². The zero-order valence-electron chi connectivity index (χ0n) is 12.7. The highest BCUT2D eigenvalue weighted by atomic mass is 35.5. The topological polar surface area (TPSA) is 91.7 Å². The van der Waals surface area contributed by atoms with Crippen LogP contribution in [0.2, 0.25) is 5.02 Å². The van der Waals surface area contributed by atoms with Crippen LogP contribution in [0.5, 0.6) is 0 Å². The van der Waals surface area contributed by atoms with Crippen LogP contribution >= 0.6 is 23.4 Å². The first-order valence-electron chi connectivity index (χ1n) is 6.95. The predicted molar refractivity (Wildman–Crippen MR) is 90.0 cm³/mol. The Bertz CT molecular complexity index is 861. The van der Waals surface area contributed by atoms with Gasteiger partial charge in [0.1, 0.15) is 18.2 Å². The van der Waals surface area contributed by atoms with E-state index < -0.39 is 4.92 Å². The lowest BCUT2D eigenvalue weighted by Crippen LogP contribution is -2.01. The Morgan fingerprint density at radius 1 is 1.29 bits per heavy atom. The second kappa shape index (κ2) is 7.02. The van der Waals surface area contributed by atoms with E-state index in [9.17, 15) is 10.1 Å². The standard InChI is InChI=1S/C14H13ClN6O2S/c1-19-13(6-10-2-4-11(15)5-3-10)17-18-14(19)24-9-20-8-12(7-16-20)21(22)23/h2-5,7-8H,6,9H2,1H3. The van der Waals surface area contributed by atoms with Crippen LogP contribution in [-0.4, -0.2) is 29.5 Å². The molecule has 0 spiro atoms. The minimum absolute atomic E-state index is 0.0306. The molecular formula is C14H13ClN6O2S. The largest absolute Gasteiger partial charge is 0.309 e. The summed E-state index contributed by atoms with van der Waals surface area (Å²) in [6, 6.07) is 7.58. The molecule has 1 aromatic carbocycles. The van der Waals surface area contributed by atoms with E-state index in [1.807, 2.05) is 35.9 Å². The molecule has 0 bridgehead atoms. The van der Waals surface area contributed by atoms with Crippen molar-refractivity contribution < 1.29 is 4.92 Å². The van der Waals surface area contributed by atoms with E-state index in [1.54, 1.807) is 0 Å². The molecule has 0 aliphatic heterocycles. The quantitative estimate of drug-likeness (QED) is 0.379. The van der Waals surface area contributed by atoms with Crippen molar-refractivity contribution in [3.8, 4) is 0 Å². The van der Waals surface area contributed by atoms with Gasteiger partial charge < -0.3 is 4.57 Å². The summed E-state index contributed by atoms with van der Waals surface area (Å²) in [6.45, 7) is 0. The lowest BCUT2D eigenvalue weighted by Gasteiger charge is -2.04. The fourth-order valence-electron chi connectivity index (χ4n) is 2.05. The highest BCUT2D eigenvalue weighted by molar-refractivity contribution is 7.98. The molecule has 0 unspecified atom stereocenters. The van der Waals surface area contributed by atoms with Crippen LogP contribution in [0.1, 0.15) is 11.4 Å². The molecule has 2 aromatic heterocycles. The van der Waals surface area contributed by atoms with E-state index >= 15 is 0 Å². The van der Waals surface area contributed by atoms with Gasteiger partial charge in [-0.3, -0.25) is 14.8 Å². The third-order valence-corrected chi connectivity index (χ3v) is 4.62. The first kappa shape index (κ1) is 16.5. The fraction of sp³-hybridized carbons (Fsp3) is 0.214. The second-order valence-electron chi connectivity index (χ2n) is 5.03. The van der Waals surface area contributed by atoms with E-state index in [1.165, 1.54) is 28.8 Å². The van der Waals surface area contributed by atoms with E-state index in [0.717, 1.165) is 16.5 Å². The Kier molecular flexibility index (Phi) is 4.81. The summed E-state index contributed by atoms with van der Waals surface area (Å²) in [5.41, 5.74) is 1.06. The van der Waals surface area contributed by atoms with Crippen LogP contribution in [0, 0.1) is 10.1 Å². The molecule has 3 aromatic rings. The van der Waals surface area contributed by atoms with Gasteiger partial charge in [-0.15, -0.1) is 10.2 Å². The maximum Gasteiger partial charge on any atom is 0.307 e. The summed E-state index contributed by atoms with van der Waals surface area (Å²) >= 11 is 7.29. The van der Waals surface area contributed by atoms with Crippen LogP contribution < -0.4 is 0 Å². The lowest BCUT2D eigenvalue weighted by molar-refractivity contribution is -0.385. The van der Waals surface area contributed by atoms with Crippen LogP contribution in [0.3, 0.4) is 0 Å². The number of hydrogen-bond acceptors (Lipinski definition) is 6. The molecule has 3 rings (SSSR count). The van der Waals surface area contributed by atoms with Crippen molar-refractivity contribution >= 4 is 29.1 Å². The highest BCUT2D eigenvalue weighted by Gasteiger charge is 2.12. The maximum absolute atomic E-state index is 10.7. The number of nitro groups is 1. The molecule has 0 N–H and O–H groups in total. The molecule has 24 heavy (non-hydrogen) atoms. The smallest absolute Gasteiger partial charge is 0.307 e. The summed E-state index contributed by atoms with van der Waals surface area (Å²) in [4.78, 5) is 10.2. The number of benzene rings is 1. The van der Waals surface area contributed by atoms with Gasteiger partial charge in [-0.25, -0.2) is 0 Å². The summed E-state index contributed by atoms with van der Waals surface area (Å²) in [5, 5.41) is 24.4. The minimum atomic E-state index is -0.472. The Hall–Kier alpha value is -2.39. The van der Waals surface area contributed by atoms with Crippen molar-refractivity contribution in [2.75, 3.05) is 0 Å². The van der Waals surface area contributed by atoms with Crippen LogP contribution in [0.15, 0.2) is 41.8 Å². The number of hydrogen-bond donors (Lipinski definition) is 0. The van der Waals surface area contributed by atoms with Crippen LogP contribution in [-0.2, 0) is 19.3 Å². The molecule has 0 saturated heterocycles. The van der Waals surface area contributed by atoms with Crippen molar-refractivity contribution in [1.82, 2.24) is 24.5 Å². The molecule has 124 valence electrons. The molecule has 0 fully saturated rings. The third-order valence-electron chi connectivity index (χ3n) is 3.36. The average molecular weight is 365 g/mol. The van der Waals surface area contributed by atoms with Crippen molar-refractivity contribution in [3.05, 3.63) is 63.2 Å². The average Bonchev–Trinajstić information content (AvgIpc) is 3.16. The number of thioether (sulfide) groups is 1. The Morgan fingerprint density at radius 3 is 2.71 bits per heavy atom. The van der Waals surface area contributed by atoms with Crippen molar-refractivity contribution in [1.29, 1.82) is 0 Å². The zero-order chi connectivity index (χ0) is 17.1. The predicted octanol–water partition coefficient (Wildman–Crippen LogP) is 2.91. The Morgan fingerprint density at radius 2 is 2.04 bits per heavy atom. The molecule has 0 radical (unpaired) electrons. The molecule has 0 aliphatic carbocycles. The number of halogens is 1. The molecule has 0 amide bonds. The molecule has 10 heteroatoms. The maximum atomic E-state index is 10.7. The zero-order valence-corrected chi connectivity index (χ0v) is 14.2. The summed E-state index contributed by atoms with van der Waals surface area (Å²) in [6.07, 6.45) is 3.26. The van der Waals surface area contributed by atoms with Crippen molar-refractivity contribution in [2.24, 2.45) is 7.05 Å². The second-order valence-corrected chi connectivity index (χ2v) is 6.38. The molecule has 8 nitrogen and oxygen atoms in total. The van der Waals surface area contributed by atoms with Gasteiger partial charge in [0, 0.05) is 18.5 Å². The Balaban J connectivity index is 1.65. The van der Waals surface area contributed by atoms with E-state index in [2.05, 4.69) is 15.3 Å². The fourth-order valence-corrected chi connectivity index (χ4v) is 2.96. The summed E-state index contributed by atoms with van der Waals surface area (Å²) in [5.74, 6) is 1.24. The number of rotatable bonds is 6. The van der Waals surface area contributed by atoms with Gasteiger partial charge in [0.05, 0.1) is 10.8 Å². The lowest BCUT2D eigenvalue weighted by atomic mass is 10.1. The molecular weight excluding hydrogens is 352 g/mol. The molecule has 0 aliphatic rings. The summed E-state index contributed by atoms with van der Waals surface area (Å²) in [7, 11) is 1.89. The molecule has 2 heterocycles. The van der Waals surface area contributed by atoms with Gasteiger partial charge in [0.25, 0.3) is 0 Å². The van der Waals surface area contributed by atoms with Gasteiger partial charge in [0.2, 0.25) is 0 Å². The van der Waals surface area contributed by atoms with Crippen molar-refractivity contribution in [3.63, 3.8) is 0 Å². The van der Waals surface area contributed by atoms with Gasteiger partial charge >= 0.3 is 5.69 Å². The SMILES string of the molecule is Cn1c(Cc2ccc(Cl)cc2)nnc1SCn1cc([N+](=O)[O-])cn1. The first-order valence-corrected chi connectivity index (χ1v) is 8.31. The molecule has 0 saturated carbocycles. The minimum Gasteiger partial charge on any atom is -0.309 e. The summed E-state index contributed by atoms with van der Waals surface area (Å²) < 4.78 is 3.40. The van der Waals surface area contributed by atoms with E-state index in [0.29, 0.717) is 17.3 Å². The molecule has 0 atom stereocenters. The monoisotopic (exact) mass is 364 g/mol. The van der Waals surface area contributed by atoms with Gasteiger partial charge in [-0.1, -0.05) is 35.5 Å². The van der Waals surface area contributed by atoms with Gasteiger partial charge in [-0.2, -0.15) is 5.10 Å². The van der Waals surface area contributed by atoms with Crippen LogP contribution in [0.25, 0.3) is 0 Å². The van der Waals surface area contributed by atoms with Gasteiger partial charge in [0.15, 0.2) is 5.16 Å². The van der Waals surface area contributed by atoms with Gasteiger partial charge in [-0.05, 0) is 17.7 Å². The highest BCUT2D eigenvalue weighted by Crippen LogP contribution is 2.20. The van der Waals surface area contributed by atoms with E-state index in [-0.39, 0.29) is 5.69 Å². The third kappa shape index (κ3) is 3.74. The van der Waals surface area contributed by atoms with Crippen LogP contribution in [0.4, 0.5) is 5.69 Å².